The number of fused-ring (bicyclic) bond motifs is 2. The molecule has 0 aliphatic carbocycles. The number of amides is 2. The van der Waals surface area contributed by atoms with E-state index in [1.54, 1.807) is 48.4 Å². The van der Waals surface area contributed by atoms with Crippen molar-refractivity contribution in [2.45, 2.75) is 32.8 Å². The molecule has 1 aromatic carbocycles. The molecule has 0 spiro atoms. The minimum Gasteiger partial charge on any atom is -0.485 e. The fourth-order valence-electron chi connectivity index (χ4n) is 5.33. The van der Waals surface area contributed by atoms with Crippen molar-refractivity contribution in [2.75, 3.05) is 38.5 Å². The van der Waals surface area contributed by atoms with Gasteiger partial charge in [-0.3, -0.25) is 14.0 Å². The van der Waals surface area contributed by atoms with Crippen LogP contribution in [0.4, 0.5) is 19.0 Å². The Balaban J connectivity index is 1.43. The molecular weight excluding hydrogens is 551 g/mol. The Morgan fingerprint density at radius 1 is 1.05 bits per heavy atom. The molecule has 2 aliphatic rings. The fraction of sp³-hybridized carbons (Fsp3) is 0.345. The van der Waals surface area contributed by atoms with E-state index in [1.807, 2.05) is 7.05 Å². The first kappa shape index (κ1) is 27.6. The highest BCUT2D eigenvalue weighted by Crippen LogP contribution is 2.40. The minimum absolute atomic E-state index is 0.140. The van der Waals surface area contributed by atoms with Gasteiger partial charge in [-0.25, -0.2) is 28.1 Å². The number of ether oxygens (including phenoxy) is 1. The largest absolute Gasteiger partial charge is 0.485 e. The van der Waals surface area contributed by atoms with E-state index >= 15 is 0 Å². The standard InChI is InChI=1S/C29H28F3N7O3/c1-15-23(39-9-5-6-19(26(39)33-15)42-14-16-17(30)7-8-18(31)21(16)32)25-34-22(27(40)38-12-10-37(4)11-13-38)20-24(35-25)36-28(41)29(20,2)3/h5-9H,10-14H2,1-4H3,(H,34,35,36,41). The number of aromatic nitrogens is 4. The van der Waals surface area contributed by atoms with Crippen LogP contribution in [-0.2, 0) is 16.8 Å². The van der Waals surface area contributed by atoms with E-state index in [0.717, 1.165) is 6.07 Å². The number of rotatable bonds is 5. The average molecular weight is 580 g/mol. The molecule has 0 saturated carbocycles. The molecule has 0 radical (unpaired) electrons. The van der Waals surface area contributed by atoms with Gasteiger partial charge < -0.3 is 19.9 Å². The number of benzene rings is 1. The molecule has 2 aliphatic heterocycles. The van der Waals surface area contributed by atoms with Gasteiger partial charge in [0, 0.05) is 37.9 Å². The molecule has 1 saturated heterocycles. The van der Waals surface area contributed by atoms with Crippen LogP contribution in [0.5, 0.6) is 5.75 Å². The van der Waals surface area contributed by atoms with Crippen molar-refractivity contribution in [3.05, 3.63) is 70.4 Å². The number of piperazine rings is 1. The van der Waals surface area contributed by atoms with Gasteiger partial charge in [0.15, 0.2) is 28.9 Å². The summed E-state index contributed by atoms with van der Waals surface area (Å²) in [5.41, 5.74) is 0.220. The maximum absolute atomic E-state index is 14.2. The first-order valence-electron chi connectivity index (χ1n) is 13.4. The van der Waals surface area contributed by atoms with Crippen molar-refractivity contribution in [1.29, 1.82) is 0 Å². The molecule has 2 amide bonds. The molecule has 3 aromatic heterocycles. The zero-order chi connectivity index (χ0) is 29.9. The van der Waals surface area contributed by atoms with Gasteiger partial charge in [0.05, 0.1) is 16.7 Å². The van der Waals surface area contributed by atoms with Gasteiger partial charge in [-0.15, -0.1) is 0 Å². The van der Waals surface area contributed by atoms with Gasteiger partial charge in [-0.1, -0.05) is 0 Å². The topological polar surface area (TPSA) is 105 Å². The van der Waals surface area contributed by atoms with E-state index < -0.39 is 35.0 Å². The molecule has 0 unspecified atom stereocenters. The van der Waals surface area contributed by atoms with Crippen molar-refractivity contribution in [3.8, 4) is 17.3 Å². The second kappa shape index (κ2) is 10.1. The Hall–Kier alpha value is -4.52. The van der Waals surface area contributed by atoms with E-state index in [0.29, 0.717) is 54.8 Å². The number of anilines is 1. The van der Waals surface area contributed by atoms with E-state index in [-0.39, 0.29) is 34.9 Å². The summed E-state index contributed by atoms with van der Waals surface area (Å²) in [6, 6.07) is 4.75. The number of imidazole rings is 1. The van der Waals surface area contributed by atoms with Crippen LogP contribution >= 0.6 is 0 Å². The average Bonchev–Trinajstić information content (AvgIpc) is 3.42. The van der Waals surface area contributed by atoms with Gasteiger partial charge in [-0.05, 0) is 52.1 Å². The molecule has 6 rings (SSSR count). The number of hydrogen-bond acceptors (Lipinski definition) is 7. The quantitative estimate of drug-likeness (QED) is 0.360. The van der Waals surface area contributed by atoms with Crippen molar-refractivity contribution >= 4 is 23.3 Å². The third-order valence-electron chi connectivity index (χ3n) is 7.84. The van der Waals surface area contributed by atoms with Gasteiger partial charge in [0.2, 0.25) is 5.91 Å². The maximum atomic E-state index is 14.2. The highest BCUT2D eigenvalue weighted by Gasteiger charge is 2.45. The Morgan fingerprint density at radius 2 is 1.76 bits per heavy atom. The monoisotopic (exact) mass is 579 g/mol. The lowest BCUT2D eigenvalue weighted by Gasteiger charge is -2.33. The van der Waals surface area contributed by atoms with Gasteiger partial charge in [0.1, 0.15) is 29.6 Å². The molecule has 5 heterocycles. The van der Waals surface area contributed by atoms with Crippen molar-refractivity contribution in [2.24, 2.45) is 0 Å². The third kappa shape index (κ3) is 4.44. The summed E-state index contributed by atoms with van der Waals surface area (Å²) in [7, 11) is 1.99. The molecule has 1 fully saturated rings. The zero-order valence-corrected chi connectivity index (χ0v) is 23.5. The van der Waals surface area contributed by atoms with Crippen molar-refractivity contribution < 1.29 is 27.5 Å². The number of nitrogens with zero attached hydrogens (tertiary/aromatic N) is 6. The normalized spacial score (nSPS) is 16.5. The highest BCUT2D eigenvalue weighted by atomic mass is 19.2. The Morgan fingerprint density at radius 3 is 2.50 bits per heavy atom. The summed E-state index contributed by atoms with van der Waals surface area (Å²) in [6.45, 7) is 7.07. The van der Waals surface area contributed by atoms with Gasteiger partial charge in [0.25, 0.3) is 5.91 Å². The zero-order valence-electron chi connectivity index (χ0n) is 23.5. The van der Waals surface area contributed by atoms with Crippen LogP contribution in [0.2, 0.25) is 0 Å². The minimum atomic E-state index is -1.32. The third-order valence-corrected chi connectivity index (χ3v) is 7.84. The number of nitrogens with one attached hydrogen (secondary N) is 1. The lowest BCUT2D eigenvalue weighted by molar-refractivity contribution is -0.119. The molecule has 218 valence electrons. The Kier molecular flexibility index (Phi) is 6.64. The van der Waals surface area contributed by atoms with Crippen LogP contribution in [0, 0.1) is 24.4 Å². The lowest BCUT2D eigenvalue weighted by atomic mass is 9.85. The van der Waals surface area contributed by atoms with Gasteiger partial charge >= 0.3 is 0 Å². The van der Waals surface area contributed by atoms with Crippen LogP contribution in [0.1, 0.15) is 41.2 Å². The second-order valence-corrected chi connectivity index (χ2v) is 11.0. The second-order valence-electron chi connectivity index (χ2n) is 11.0. The lowest BCUT2D eigenvalue weighted by Crippen LogP contribution is -2.47. The predicted molar refractivity (Wildman–Crippen MR) is 147 cm³/mol. The Labute approximate surface area is 239 Å². The van der Waals surface area contributed by atoms with Crippen LogP contribution in [0.15, 0.2) is 30.5 Å². The van der Waals surface area contributed by atoms with Crippen LogP contribution < -0.4 is 10.1 Å². The molecule has 4 aromatic rings. The molecule has 10 nitrogen and oxygen atoms in total. The smallest absolute Gasteiger partial charge is 0.273 e. The number of hydrogen-bond donors (Lipinski definition) is 1. The summed E-state index contributed by atoms with van der Waals surface area (Å²) in [6.07, 6.45) is 1.68. The summed E-state index contributed by atoms with van der Waals surface area (Å²) in [5, 5.41) is 2.80. The number of halogens is 3. The number of carbonyl (C=O) groups excluding carboxylic acids is 2. The SMILES string of the molecule is Cc1nc2c(OCc3c(F)ccc(F)c3F)cccn2c1-c1nc2c(c(C(=O)N3CCN(C)CC3)n1)C(C)(C)C(=O)N2. The summed E-state index contributed by atoms with van der Waals surface area (Å²) in [5.74, 6) is -3.43. The number of likely N-dealkylation sites (N-methyl/N-ethyl adjacent to an activating group) is 1. The van der Waals surface area contributed by atoms with Gasteiger partial charge in [-0.2, -0.15) is 0 Å². The fourth-order valence-corrected chi connectivity index (χ4v) is 5.33. The predicted octanol–water partition coefficient (Wildman–Crippen LogP) is 3.71. The number of carbonyl (C=O) groups is 2. The van der Waals surface area contributed by atoms with Crippen LogP contribution in [-0.4, -0.2) is 74.2 Å². The first-order valence-corrected chi connectivity index (χ1v) is 13.4. The van der Waals surface area contributed by atoms with E-state index in [4.69, 9.17) is 9.72 Å². The van der Waals surface area contributed by atoms with Crippen LogP contribution in [0.25, 0.3) is 17.2 Å². The summed E-state index contributed by atoms with van der Waals surface area (Å²) >= 11 is 0. The molecule has 1 N–H and O–H groups in total. The number of aryl methyl sites for hydroxylation is 1. The maximum Gasteiger partial charge on any atom is 0.273 e. The Bertz CT molecular complexity index is 1760. The van der Waals surface area contributed by atoms with Crippen molar-refractivity contribution in [3.63, 3.8) is 0 Å². The van der Waals surface area contributed by atoms with E-state index in [9.17, 15) is 22.8 Å². The molecule has 0 atom stereocenters. The van der Waals surface area contributed by atoms with E-state index in [2.05, 4.69) is 20.2 Å². The van der Waals surface area contributed by atoms with E-state index in [1.165, 1.54) is 0 Å². The number of pyridine rings is 1. The highest BCUT2D eigenvalue weighted by molar-refractivity contribution is 6.09. The molecule has 42 heavy (non-hydrogen) atoms. The first-order chi connectivity index (χ1) is 20.0. The molecule has 0 bridgehead atoms. The van der Waals surface area contributed by atoms with Crippen molar-refractivity contribution in [1.82, 2.24) is 29.2 Å². The summed E-state index contributed by atoms with van der Waals surface area (Å²) in [4.78, 5) is 44.5. The molecular formula is C29H28F3N7O3. The van der Waals surface area contributed by atoms with Crippen LogP contribution in [0.3, 0.4) is 0 Å². The molecule has 13 heteroatoms. The summed E-state index contributed by atoms with van der Waals surface area (Å²) < 4.78 is 49.4.